The van der Waals surface area contributed by atoms with Gasteiger partial charge in [0, 0.05) is 18.8 Å². The number of anilines is 1. The first kappa shape index (κ1) is 12.1. The second kappa shape index (κ2) is 7.30. The van der Waals surface area contributed by atoms with Gasteiger partial charge in [-0.1, -0.05) is 32.0 Å². The monoisotopic (exact) mass is 207 g/mol. The Hall–Kier alpha value is -1.02. The van der Waals surface area contributed by atoms with Crippen LogP contribution in [0.1, 0.15) is 20.3 Å². The van der Waals surface area contributed by atoms with E-state index < -0.39 is 0 Å². The van der Waals surface area contributed by atoms with E-state index in [1.54, 1.807) is 0 Å². The van der Waals surface area contributed by atoms with Crippen LogP contribution in [-0.4, -0.2) is 19.8 Å². The zero-order valence-electron chi connectivity index (χ0n) is 9.70. The maximum Gasteiger partial charge on any atom is 0.0639 e. The molecule has 0 bridgehead atoms. The molecule has 2 nitrogen and oxygen atoms in total. The van der Waals surface area contributed by atoms with Gasteiger partial charge < -0.3 is 10.1 Å². The van der Waals surface area contributed by atoms with Crippen molar-refractivity contribution in [2.45, 2.75) is 20.3 Å². The number of hydrogen-bond acceptors (Lipinski definition) is 2. The zero-order chi connectivity index (χ0) is 10.9. The Balaban J connectivity index is 1.98. The highest BCUT2D eigenvalue weighted by atomic mass is 16.5. The van der Waals surface area contributed by atoms with Gasteiger partial charge in [0.05, 0.1) is 6.61 Å². The van der Waals surface area contributed by atoms with Crippen LogP contribution in [0, 0.1) is 5.92 Å². The first-order chi connectivity index (χ1) is 7.29. The summed E-state index contributed by atoms with van der Waals surface area (Å²) in [5.74, 6) is 0.729. The first-order valence-electron chi connectivity index (χ1n) is 5.65. The van der Waals surface area contributed by atoms with E-state index in [0.717, 1.165) is 37.8 Å². The lowest BCUT2D eigenvalue weighted by Crippen LogP contribution is -2.10. The maximum absolute atomic E-state index is 5.50. The molecule has 0 aliphatic carbocycles. The predicted octanol–water partition coefficient (Wildman–Crippen LogP) is 3.16. The molecule has 0 radical (unpaired) electrons. The molecule has 1 aromatic rings. The van der Waals surface area contributed by atoms with Gasteiger partial charge >= 0.3 is 0 Å². The van der Waals surface area contributed by atoms with Gasteiger partial charge in [0.1, 0.15) is 0 Å². The summed E-state index contributed by atoms with van der Waals surface area (Å²) in [7, 11) is 0. The van der Waals surface area contributed by atoms with Crippen molar-refractivity contribution >= 4 is 5.69 Å². The van der Waals surface area contributed by atoms with Crippen LogP contribution in [0.5, 0.6) is 0 Å². The Kier molecular flexibility index (Phi) is 5.86. The van der Waals surface area contributed by atoms with Crippen LogP contribution in [0.15, 0.2) is 30.3 Å². The van der Waals surface area contributed by atoms with Gasteiger partial charge in [0.2, 0.25) is 0 Å². The highest BCUT2D eigenvalue weighted by molar-refractivity contribution is 5.42. The molecule has 0 fully saturated rings. The molecule has 0 spiro atoms. The van der Waals surface area contributed by atoms with Gasteiger partial charge in [-0.15, -0.1) is 0 Å². The van der Waals surface area contributed by atoms with Gasteiger partial charge in [-0.05, 0) is 24.5 Å². The van der Waals surface area contributed by atoms with Crippen LogP contribution in [0.3, 0.4) is 0 Å². The predicted molar refractivity (Wildman–Crippen MR) is 65.2 cm³/mol. The van der Waals surface area contributed by atoms with E-state index in [-0.39, 0.29) is 0 Å². The number of nitrogens with one attached hydrogen (secondary N) is 1. The minimum Gasteiger partial charge on any atom is -0.383 e. The average molecular weight is 207 g/mol. The number of benzene rings is 1. The van der Waals surface area contributed by atoms with E-state index in [4.69, 9.17) is 4.74 Å². The third kappa shape index (κ3) is 6.13. The van der Waals surface area contributed by atoms with Crippen LogP contribution in [-0.2, 0) is 4.74 Å². The summed E-state index contributed by atoms with van der Waals surface area (Å²) in [5.41, 5.74) is 1.16. The van der Waals surface area contributed by atoms with Crippen molar-refractivity contribution in [3.05, 3.63) is 30.3 Å². The summed E-state index contributed by atoms with van der Waals surface area (Å²) in [6.45, 7) is 6.95. The maximum atomic E-state index is 5.50. The molecule has 0 atom stereocenters. The second-order valence-corrected chi connectivity index (χ2v) is 4.09. The summed E-state index contributed by atoms with van der Waals surface area (Å²) in [6, 6.07) is 10.2. The Morgan fingerprint density at radius 3 is 2.53 bits per heavy atom. The quantitative estimate of drug-likeness (QED) is 0.693. The molecule has 0 saturated carbocycles. The van der Waals surface area contributed by atoms with E-state index in [9.17, 15) is 0 Å². The van der Waals surface area contributed by atoms with Crippen LogP contribution >= 0.6 is 0 Å². The Morgan fingerprint density at radius 2 is 1.87 bits per heavy atom. The molecule has 1 aromatic carbocycles. The fraction of sp³-hybridized carbons (Fsp3) is 0.538. The average Bonchev–Trinajstić information content (AvgIpc) is 2.24. The SMILES string of the molecule is CC(C)CCOCCNc1ccccc1. The van der Waals surface area contributed by atoms with E-state index in [2.05, 4.69) is 31.3 Å². The first-order valence-corrected chi connectivity index (χ1v) is 5.65. The molecule has 15 heavy (non-hydrogen) atoms. The number of hydrogen-bond donors (Lipinski definition) is 1. The van der Waals surface area contributed by atoms with Crippen LogP contribution < -0.4 is 5.32 Å². The zero-order valence-corrected chi connectivity index (χ0v) is 9.70. The molecular formula is C13H21NO. The summed E-state index contributed by atoms with van der Waals surface area (Å²) >= 11 is 0. The van der Waals surface area contributed by atoms with Crippen LogP contribution in [0.25, 0.3) is 0 Å². The minimum absolute atomic E-state index is 0.729. The van der Waals surface area contributed by atoms with Gasteiger partial charge in [-0.25, -0.2) is 0 Å². The molecular weight excluding hydrogens is 186 g/mol. The van der Waals surface area contributed by atoms with E-state index >= 15 is 0 Å². The lowest BCUT2D eigenvalue weighted by molar-refractivity contribution is 0.132. The largest absolute Gasteiger partial charge is 0.383 e. The highest BCUT2D eigenvalue weighted by Crippen LogP contribution is 2.04. The molecule has 0 saturated heterocycles. The van der Waals surface area contributed by atoms with E-state index in [1.165, 1.54) is 0 Å². The number of ether oxygens (including phenoxy) is 1. The lowest BCUT2D eigenvalue weighted by atomic mass is 10.1. The van der Waals surface area contributed by atoms with Gasteiger partial charge in [-0.3, -0.25) is 0 Å². The molecule has 1 N–H and O–H groups in total. The summed E-state index contributed by atoms with van der Waals surface area (Å²) in [5, 5.41) is 3.31. The molecule has 2 heteroatoms. The van der Waals surface area contributed by atoms with Gasteiger partial charge in [0.15, 0.2) is 0 Å². The summed E-state index contributed by atoms with van der Waals surface area (Å²) in [4.78, 5) is 0. The Morgan fingerprint density at radius 1 is 1.13 bits per heavy atom. The molecule has 84 valence electrons. The summed E-state index contributed by atoms with van der Waals surface area (Å²) in [6.07, 6.45) is 1.14. The molecule has 0 aliphatic rings. The van der Waals surface area contributed by atoms with Crippen molar-refractivity contribution in [2.75, 3.05) is 25.1 Å². The third-order valence-corrected chi connectivity index (χ3v) is 2.19. The Bertz CT molecular complexity index is 246. The van der Waals surface area contributed by atoms with E-state index in [0.29, 0.717) is 0 Å². The fourth-order valence-corrected chi connectivity index (χ4v) is 1.24. The van der Waals surface area contributed by atoms with Crippen LogP contribution in [0.2, 0.25) is 0 Å². The Labute approximate surface area is 92.6 Å². The van der Waals surface area contributed by atoms with Crippen molar-refractivity contribution in [1.82, 2.24) is 0 Å². The number of rotatable bonds is 7. The molecule has 0 aromatic heterocycles. The standard InChI is InChI=1S/C13H21NO/c1-12(2)8-10-15-11-9-14-13-6-4-3-5-7-13/h3-7,12,14H,8-11H2,1-2H3. The topological polar surface area (TPSA) is 21.3 Å². The highest BCUT2D eigenvalue weighted by Gasteiger charge is 1.94. The van der Waals surface area contributed by atoms with Crippen molar-refractivity contribution in [3.63, 3.8) is 0 Å². The third-order valence-electron chi connectivity index (χ3n) is 2.19. The van der Waals surface area contributed by atoms with Gasteiger partial charge in [0.25, 0.3) is 0 Å². The summed E-state index contributed by atoms with van der Waals surface area (Å²) < 4.78 is 5.50. The molecule has 0 unspecified atom stereocenters. The van der Waals surface area contributed by atoms with E-state index in [1.807, 2.05) is 18.2 Å². The van der Waals surface area contributed by atoms with Crippen molar-refractivity contribution in [2.24, 2.45) is 5.92 Å². The molecule has 0 heterocycles. The van der Waals surface area contributed by atoms with Crippen molar-refractivity contribution < 1.29 is 4.74 Å². The van der Waals surface area contributed by atoms with Gasteiger partial charge in [-0.2, -0.15) is 0 Å². The van der Waals surface area contributed by atoms with Crippen molar-refractivity contribution in [1.29, 1.82) is 0 Å². The minimum atomic E-state index is 0.729. The molecule has 0 aliphatic heterocycles. The lowest BCUT2D eigenvalue weighted by Gasteiger charge is -2.08. The smallest absolute Gasteiger partial charge is 0.0639 e. The second-order valence-electron chi connectivity index (χ2n) is 4.09. The van der Waals surface area contributed by atoms with Crippen molar-refractivity contribution in [3.8, 4) is 0 Å². The molecule has 0 amide bonds. The van der Waals surface area contributed by atoms with Crippen LogP contribution in [0.4, 0.5) is 5.69 Å². The number of para-hydroxylation sites is 1. The fourth-order valence-electron chi connectivity index (χ4n) is 1.24. The normalized spacial score (nSPS) is 10.6. The molecule has 1 rings (SSSR count).